The third-order valence-electron chi connectivity index (χ3n) is 9.26. The molecular formula is C37H36Zr. The number of hydrogen-bond acceptors (Lipinski definition) is 0. The second kappa shape index (κ2) is 8.43. The van der Waals surface area contributed by atoms with Crippen LogP contribution in [0.4, 0.5) is 0 Å². The zero-order valence-electron chi connectivity index (χ0n) is 23.4. The molecule has 0 amide bonds. The van der Waals surface area contributed by atoms with Gasteiger partial charge in [-0.2, -0.15) is 0 Å². The number of fused-ring (bicyclic) bond motifs is 5. The van der Waals surface area contributed by atoms with Crippen molar-refractivity contribution >= 4 is 15.9 Å². The summed E-state index contributed by atoms with van der Waals surface area (Å²) in [7, 11) is 0. The second-order valence-electron chi connectivity index (χ2n) is 12.9. The maximum atomic E-state index is 2.74. The predicted octanol–water partition coefficient (Wildman–Crippen LogP) is 9.31. The van der Waals surface area contributed by atoms with Crippen LogP contribution in [0.25, 0.3) is 23.3 Å². The van der Waals surface area contributed by atoms with Crippen LogP contribution in [0, 0.1) is 5.92 Å². The van der Waals surface area contributed by atoms with Crippen molar-refractivity contribution < 1.29 is 21.3 Å². The van der Waals surface area contributed by atoms with Crippen molar-refractivity contribution in [3.8, 4) is 11.1 Å². The van der Waals surface area contributed by atoms with Crippen molar-refractivity contribution in [2.24, 2.45) is 5.92 Å². The molecule has 3 aromatic carbocycles. The Morgan fingerprint density at radius 3 is 1.82 bits per heavy atom. The molecule has 0 bridgehead atoms. The monoisotopic (exact) mass is 570 g/mol. The maximum absolute atomic E-state index is 2.74. The fraction of sp³-hybridized carbons (Fsp3) is 0.270. The molecule has 0 spiro atoms. The van der Waals surface area contributed by atoms with Gasteiger partial charge in [-0.3, -0.25) is 0 Å². The fourth-order valence-electron chi connectivity index (χ4n) is 7.20. The zero-order chi connectivity index (χ0) is 26.4. The van der Waals surface area contributed by atoms with Gasteiger partial charge in [0.2, 0.25) is 0 Å². The van der Waals surface area contributed by atoms with Crippen molar-refractivity contribution in [2.45, 2.75) is 56.0 Å². The van der Waals surface area contributed by atoms with Crippen LogP contribution in [0.5, 0.6) is 0 Å². The van der Waals surface area contributed by atoms with Gasteiger partial charge in [-0.15, -0.1) is 0 Å². The molecular weight excluding hydrogens is 536 g/mol. The molecule has 0 saturated heterocycles. The van der Waals surface area contributed by atoms with E-state index in [0.29, 0.717) is 9.54 Å². The van der Waals surface area contributed by atoms with Crippen molar-refractivity contribution in [3.63, 3.8) is 0 Å². The average molecular weight is 572 g/mol. The molecule has 3 aromatic rings. The van der Waals surface area contributed by atoms with Crippen molar-refractivity contribution in [3.05, 3.63) is 127 Å². The Morgan fingerprint density at radius 1 is 0.763 bits per heavy atom. The van der Waals surface area contributed by atoms with Gasteiger partial charge in [0.15, 0.2) is 0 Å². The van der Waals surface area contributed by atoms with Gasteiger partial charge in [-0.1, -0.05) is 0 Å². The molecule has 188 valence electrons. The Bertz CT molecular complexity index is 1590. The van der Waals surface area contributed by atoms with Crippen LogP contribution in [-0.4, -0.2) is 3.71 Å². The first-order valence-corrected chi connectivity index (χ1v) is 18.1. The van der Waals surface area contributed by atoms with Gasteiger partial charge in [0.1, 0.15) is 0 Å². The molecule has 7 rings (SSSR count). The van der Waals surface area contributed by atoms with E-state index in [-0.39, 0.29) is 10.8 Å². The third-order valence-corrected chi connectivity index (χ3v) is 17.0. The summed E-state index contributed by atoms with van der Waals surface area (Å²) in [6, 6.07) is 21.4. The SMILES string of the molecule is CC1=CC(C)[C]([Zr](=[CH]c2ccccc2)[CH]2c3cc4c(cc3-c3cc5c(cc32)C(C)(C)C=C5)C=CC4(C)C)=C1. The summed E-state index contributed by atoms with van der Waals surface area (Å²) in [6.07, 6.45) is 14.5. The Balaban J connectivity index is 1.53. The van der Waals surface area contributed by atoms with E-state index in [1.807, 2.05) is 0 Å². The van der Waals surface area contributed by atoms with E-state index < -0.39 is 21.3 Å². The Hall–Kier alpha value is -2.63. The Kier molecular flexibility index (Phi) is 5.42. The van der Waals surface area contributed by atoms with Crippen LogP contribution in [0.2, 0.25) is 0 Å². The minimum atomic E-state index is -2.43. The molecule has 1 heteroatoms. The van der Waals surface area contributed by atoms with Gasteiger partial charge in [0, 0.05) is 0 Å². The van der Waals surface area contributed by atoms with E-state index in [1.54, 1.807) is 14.4 Å². The van der Waals surface area contributed by atoms with E-state index >= 15 is 0 Å². The second-order valence-corrected chi connectivity index (χ2v) is 18.7. The summed E-state index contributed by atoms with van der Waals surface area (Å²) in [5.41, 5.74) is 14.9. The molecule has 1 atom stereocenters. The Labute approximate surface area is 235 Å². The number of hydrogen-bond donors (Lipinski definition) is 0. The average Bonchev–Trinajstić information content (AvgIpc) is 3.57. The van der Waals surface area contributed by atoms with Crippen LogP contribution in [-0.2, 0) is 32.1 Å². The molecule has 0 aromatic heterocycles. The van der Waals surface area contributed by atoms with E-state index in [1.165, 1.54) is 44.5 Å². The van der Waals surface area contributed by atoms with Gasteiger partial charge in [-0.05, 0) is 0 Å². The van der Waals surface area contributed by atoms with Crippen LogP contribution in [0.15, 0.2) is 87.8 Å². The summed E-state index contributed by atoms with van der Waals surface area (Å²) in [5.74, 6) is 0.525. The third kappa shape index (κ3) is 3.69. The molecule has 0 radical (unpaired) electrons. The first kappa shape index (κ1) is 24.4. The van der Waals surface area contributed by atoms with Crippen LogP contribution in [0.3, 0.4) is 0 Å². The standard InChI is InChI=1S/C23H21.C7H9.C7H6.Zr/c1-22(2)7-5-14-10-18-16(12-20(14)22)9-17-13-21-15(11-19(17)18)6-8-23(21,3)4;1-6-3-4-7(2)5-6;1-7-5-3-2-4-6-7;/h5-13H,1-4H3;3,5,7H,1-2H3;1-6H;. The molecule has 4 aliphatic carbocycles. The summed E-state index contributed by atoms with van der Waals surface area (Å²) < 4.78 is 4.96. The van der Waals surface area contributed by atoms with Crippen molar-refractivity contribution in [1.82, 2.24) is 0 Å². The van der Waals surface area contributed by atoms with E-state index in [9.17, 15) is 0 Å². The van der Waals surface area contributed by atoms with E-state index in [0.717, 1.165) is 0 Å². The summed E-state index contributed by atoms with van der Waals surface area (Å²) in [6.45, 7) is 14.2. The molecule has 0 heterocycles. The molecule has 0 nitrogen and oxygen atoms in total. The predicted molar refractivity (Wildman–Crippen MR) is 160 cm³/mol. The quantitative estimate of drug-likeness (QED) is 0.294. The van der Waals surface area contributed by atoms with Crippen molar-refractivity contribution in [1.29, 1.82) is 0 Å². The first-order chi connectivity index (χ1) is 18.1. The molecule has 0 aliphatic heterocycles. The minimum absolute atomic E-state index is 0.0842. The van der Waals surface area contributed by atoms with Gasteiger partial charge >= 0.3 is 237 Å². The van der Waals surface area contributed by atoms with Gasteiger partial charge in [0.25, 0.3) is 0 Å². The van der Waals surface area contributed by atoms with E-state index in [2.05, 4.69) is 136 Å². The molecule has 38 heavy (non-hydrogen) atoms. The van der Waals surface area contributed by atoms with Crippen LogP contribution < -0.4 is 0 Å². The number of allylic oxidation sites excluding steroid dienone is 6. The summed E-state index contributed by atoms with van der Waals surface area (Å²) >= 11 is -2.43. The summed E-state index contributed by atoms with van der Waals surface area (Å²) in [5, 5.41) is 0. The number of rotatable bonds is 3. The molecule has 0 saturated carbocycles. The molecule has 0 N–H and O–H groups in total. The first-order valence-electron chi connectivity index (χ1n) is 14.1. The van der Waals surface area contributed by atoms with Gasteiger partial charge in [0.05, 0.1) is 0 Å². The normalized spacial score (nSPS) is 21.7. The van der Waals surface area contributed by atoms with E-state index in [4.69, 9.17) is 0 Å². The molecule has 1 unspecified atom stereocenters. The van der Waals surface area contributed by atoms with Gasteiger partial charge in [-0.25, -0.2) is 0 Å². The number of benzene rings is 3. The topological polar surface area (TPSA) is 0 Å². The Morgan fingerprint density at radius 2 is 1.32 bits per heavy atom. The fourth-order valence-corrected chi connectivity index (χ4v) is 15.5. The van der Waals surface area contributed by atoms with Crippen molar-refractivity contribution in [2.75, 3.05) is 0 Å². The summed E-state index contributed by atoms with van der Waals surface area (Å²) in [4.78, 5) is 0. The van der Waals surface area contributed by atoms with Crippen LogP contribution >= 0.6 is 0 Å². The van der Waals surface area contributed by atoms with Crippen LogP contribution in [0.1, 0.15) is 84.1 Å². The van der Waals surface area contributed by atoms with Gasteiger partial charge < -0.3 is 0 Å². The molecule has 0 fully saturated rings. The molecule has 4 aliphatic rings. The zero-order valence-corrected chi connectivity index (χ0v) is 25.9.